The van der Waals surface area contributed by atoms with Crippen molar-refractivity contribution in [3.8, 4) is 5.75 Å². The summed E-state index contributed by atoms with van der Waals surface area (Å²) in [5.74, 6) is 0.0467. The van der Waals surface area contributed by atoms with Crippen LogP contribution in [0.5, 0.6) is 5.75 Å². The highest BCUT2D eigenvalue weighted by atomic mass is 35.5. The smallest absolute Gasteiger partial charge is 0.265 e. The van der Waals surface area contributed by atoms with Gasteiger partial charge in [0.05, 0.1) is 20.6 Å². The van der Waals surface area contributed by atoms with E-state index in [-0.39, 0.29) is 16.5 Å². The van der Waals surface area contributed by atoms with E-state index in [4.69, 9.17) is 27.9 Å². The molecule has 0 bridgehead atoms. The van der Waals surface area contributed by atoms with Crippen LogP contribution in [0.3, 0.4) is 0 Å². The maximum Gasteiger partial charge on any atom is 0.265 e. The molecule has 0 unspecified atom stereocenters. The Kier molecular flexibility index (Phi) is 7.43. The minimum Gasteiger partial charge on any atom is -0.479 e. The lowest BCUT2D eigenvalue weighted by atomic mass is 10.2. The first kappa shape index (κ1) is 22.9. The van der Waals surface area contributed by atoms with Crippen molar-refractivity contribution < 1.29 is 17.9 Å². The fourth-order valence-corrected chi connectivity index (χ4v) is 4.20. The summed E-state index contributed by atoms with van der Waals surface area (Å²) >= 11 is 12.1. The van der Waals surface area contributed by atoms with Crippen LogP contribution in [0.1, 0.15) is 13.3 Å². The van der Waals surface area contributed by atoms with E-state index in [1.807, 2.05) is 6.92 Å². The largest absolute Gasteiger partial charge is 0.479 e. The van der Waals surface area contributed by atoms with Crippen molar-refractivity contribution >= 4 is 50.5 Å². The topological polar surface area (TPSA) is 84.5 Å². The number of hydrogen-bond acceptors (Lipinski definition) is 4. The quantitative estimate of drug-likeness (QED) is 0.441. The molecule has 0 heterocycles. The van der Waals surface area contributed by atoms with Crippen LogP contribution >= 0.6 is 23.2 Å². The minimum atomic E-state index is -3.83. The molecule has 1 amide bonds. The summed E-state index contributed by atoms with van der Waals surface area (Å²) in [6.07, 6.45) is -0.337. The van der Waals surface area contributed by atoms with Gasteiger partial charge >= 0.3 is 0 Å². The Hall–Kier alpha value is -2.74. The summed E-state index contributed by atoms with van der Waals surface area (Å²) in [6, 6.07) is 19.2. The zero-order valence-corrected chi connectivity index (χ0v) is 18.8. The van der Waals surface area contributed by atoms with Gasteiger partial charge in [-0.3, -0.25) is 9.52 Å². The molecule has 0 aromatic heterocycles. The van der Waals surface area contributed by atoms with E-state index in [1.165, 1.54) is 24.3 Å². The van der Waals surface area contributed by atoms with Crippen LogP contribution in [-0.2, 0) is 14.8 Å². The number of anilines is 2. The molecule has 3 aromatic rings. The van der Waals surface area contributed by atoms with Gasteiger partial charge in [-0.1, -0.05) is 54.4 Å². The number of halogens is 2. The first-order chi connectivity index (χ1) is 14.8. The highest BCUT2D eigenvalue weighted by molar-refractivity contribution is 7.92. The van der Waals surface area contributed by atoms with Crippen molar-refractivity contribution in [2.24, 2.45) is 0 Å². The molecule has 31 heavy (non-hydrogen) atoms. The van der Waals surface area contributed by atoms with E-state index in [0.717, 1.165) is 0 Å². The lowest BCUT2D eigenvalue weighted by Crippen LogP contribution is -2.32. The van der Waals surface area contributed by atoms with E-state index in [0.29, 0.717) is 27.9 Å². The van der Waals surface area contributed by atoms with E-state index < -0.39 is 16.1 Å². The van der Waals surface area contributed by atoms with Crippen molar-refractivity contribution in [2.75, 3.05) is 10.0 Å². The molecule has 0 aliphatic carbocycles. The van der Waals surface area contributed by atoms with Gasteiger partial charge in [-0.05, 0) is 55.0 Å². The number of carbonyl (C=O) groups is 1. The van der Waals surface area contributed by atoms with Gasteiger partial charge in [-0.25, -0.2) is 8.42 Å². The van der Waals surface area contributed by atoms with Crippen molar-refractivity contribution in [1.82, 2.24) is 0 Å². The maximum atomic E-state index is 12.6. The second-order valence-corrected chi connectivity index (χ2v) is 9.04. The van der Waals surface area contributed by atoms with Gasteiger partial charge < -0.3 is 10.1 Å². The molecule has 9 heteroatoms. The van der Waals surface area contributed by atoms with Crippen LogP contribution in [0.25, 0.3) is 0 Å². The Morgan fingerprint density at radius 3 is 2.16 bits per heavy atom. The number of nitrogens with one attached hydrogen (secondary N) is 2. The van der Waals surface area contributed by atoms with Gasteiger partial charge in [0.15, 0.2) is 6.10 Å². The molecule has 0 saturated carbocycles. The third-order valence-electron chi connectivity index (χ3n) is 4.32. The molecule has 0 saturated heterocycles. The maximum absolute atomic E-state index is 12.6. The molecule has 0 aliphatic heterocycles. The number of sulfonamides is 1. The van der Waals surface area contributed by atoms with E-state index in [2.05, 4.69) is 10.0 Å². The Balaban J connectivity index is 1.68. The third-order valence-corrected chi connectivity index (χ3v) is 6.34. The normalized spacial score (nSPS) is 12.1. The van der Waals surface area contributed by atoms with Gasteiger partial charge in [-0.2, -0.15) is 0 Å². The van der Waals surface area contributed by atoms with Crippen molar-refractivity contribution in [3.63, 3.8) is 0 Å². The molecule has 0 radical (unpaired) electrons. The predicted octanol–water partition coefficient (Wildman–Crippen LogP) is 5.59. The van der Waals surface area contributed by atoms with Gasteiger partial charge in [0.25, 0.3) is 15.9 Å². The van der Waals surface area contributed by atoms with Crippen LogP contribution in [0.15, 0.2) is 77.7 Å². The van der Waals surface area contributed by atoms with Gasteiger partial charge in [-0.15, -0.1) is 0 Å². The average Bonchev–Trinajstić information content (AvgIpc) is 2.75. The minimum absolute atomic E-state index is 0.0322. The number of amides is 1. The van der Waals surface area contributed by atoms with Crippen molar-refractivity contribution in [1.29, 1.82) is 0 Å². The van der Waals surface area contributed by atoms with E-state index in [1.54, 1.807) is 48.5 Å². The molecule has 3 rings (SSSR count). The molecule has 1 atom stereocenters. The molecule has 3 aromatic carbocycles. The zero-order valence-electron chi connectivity index (χ0n) is 16.5. The number of para-hydroxylation sites is 2. The van der Waals surface area contributed by atoms with E-state index in [9.17, 15) is 13.2 Å². The highest BCUT2D eigenvalue weighted by Gasteiger charge is 2.20. The van der Waals surface area contributed by atoms with Gasteiger partial charge in [0.1, 0.15) is 5.75 Å². The fraction of sp³-hybridized carbons (Fsp3) is 0.136. The number of ether oxygens (including phenoxy) is 1. The number of carbonyl (C=O) groups excluding carboxylic acids is 1. The SMILES string of the molecule is CC[C@@H](Oc1ccccc1Cl)C(=O)Nc1ccc(S(=O)(=O)Nc2ccccc2Cl)cc1. The van der Waals surface area contributed by atoms with Crippen LogP contribution in [0.2, 0.25) is 10.0 Å². The van der Waals surface area contributed by atoms with Gasteiger partial charge in [0.2, 0.25) is 0 Å². The van der Waals surface area contributed by atoms with Crippen LogP contribution in [-0.4, -0.2) is 20.4 Å². The monoisotopic (exact) mass is 478 g/mol. The summed E-state index contributed by atoms with van der Waals surface area (Å²) in [7, 11) is -3.83. The number of rotatable bonds is 8. The lowest BCUT2D eigenvalue weighted by Gasteiger charge is -2.18. The first-order valence-corrected chi connectivity index (χ1v) is 11.6. The molecule has 6 nitrogen and oxygen atoms in total. The molecular formula is C22H20Cl2N2O4S. The van der Waals surface area contributed by atoms with Crippen molar-refractivity contribution in [3.05, 3.63) is 82.8 Å². The average molecular weight is 479 g/mol. The summed E-state index contributed by atoms with van der Waals surface area (Å²) in [6.45, 7) is 1.82. The summed E-state index contributed by atoms with van der Waals surface area (Å²) in [5.41, 5.74) is 0.715. The fourth-order valence-electron chi connectivity index (χ4n) is 2.70. The second-order valence-electron chi connectivity index (χ2n) is 6.54. The summed E-state index contributed by atoms with van der Waals surface area (Å²) in [5, 5.41) is 3.43. The number of benzene rings is 3. The Morgan fingerprint density at radius 1 is 0.935 bits per heavy atom. The molecule has 2 N–H and O–H groups in total. The Bertz CT molecular complexity index is 1170. The third kappa shape index (κ3) is 5.91. The van der Waals surface area contributed by atoms with Crippen LogP contribution < -0.4 is 14.8 Å². The highest BCUT2D eigenvalue weighted by Crippen LogP contribution is 2.26. The lowest BCUT2D eigenvalue weighted by molar-refractivity contribution is -0.122. The summed E-state index contributed by atoms with van der Waals surface area (Å²) < 4.78 is 33.3. The second kappa shape index (κ2) is 10.0. The van der Waals surface area contributed by atoms with E-state index >= 15 is 0 Å². The molecule has 162 valence electrons. The standard InChI is InChI=1S/C22H20Cl2N2O4S/c1-2-20(30-21-10-6-4-8-18(21)24)22(27)25-15-11-13-16(14-12-15)31(28,29)26-19-9-5-3-7-17(19)23/h3-14,20,26H,2H2,1H3,(H,25,27)/t20-/m1/s1. The summed E-state index contributed by atoms with van der Waals surface area (Å²) in [4.78, 5) is 12.6. The Labute approximate surface area is 191 Å². The van der Waals surface area contributed by atoms with Crippen LogP contribution in [0, 0.1) is 0 Å². The number of hydrogen-bond donors (Lipinski definition) is 2. The first-order valence-electron chi connectivity index (χ1n) is 9.39. The molecule has 0 aliphatic rings. The zero-order chi connectivity index (χ0) is 22.4. The van der Waals surface area contributed by atoms with Gasteiger partial charge in [0, 0.05) is 5.69 Å². The predicted molar refractivity (Wildman–Crippen MR) is 123 cm³/mol. The Morgan fingerprint density at radius 2 is 1.55 bits per heavy atom. The molecular weight excluding hydrogens is 459 g/mol. The molecule has 0 spiro atoms. The van der Waals surface area contributed by atoms with Crippen LogP contribution in [0.4, 0.5) is 11.4 Å². The molecule has 0 fully saturated rings. The van der Waals surface area contributed by atoms with Crippen molar-refractivity contribution in [2.45, 2.75) is 24.3 Å².